The average molecular weight is 310 g/mol. The van der Waals surface area contributed by atoms with Crippen molar-refractivity contribution in [3.05, 3.63) is 28.2 Å². The highest BCUT2D eigenvalue weighted by atomic mass is 79.9. The Morgan fingerprint density at radius 3 is 2.78 bits per heavy atom. The van der Waals surface area contributed by atoms with Crippen LogP contribution in [0.25, 0.3) is 0 Å². The lowest BCUT2D eigenvalue weighted by molar-refractivity contribution is 0.363. The molecule has 3 N–H and O–H groups in total. The third-order valence-electron chi connectivity index (χ3n) is 3.95. The van der Waals surface area contributed by atoms with Gasteiger partial charge in [0.15, 0.2) is 0 Å². The van der Waals surface area contributed by atoms with E-state index in [2.05, 4.69) is 46.8 Å². The molecule has 2 rings (SSSR count). The molecule has 0 amide bonds. The summed E-state index contributed by atoms with van der Waals surface area (Å²) in [4.78, 5) is 2.45. The van der Waals surface area contributed by atoms with Crippen LogP contribution >= 0.6 is 15.9 Å². The molecule has 0 radical (unpaired) electrons. The number of amidine groups is 1. The Morgan fingerprint density at radius 1 is 1.44 bits per heavy atom. The lowest BCUT2D eigenvalue weighted by Crippen LogP contribution is -2.42. The van der Waals surface area contributed by atoms with Gasteiger partial charge >= 0.3 is 0 Å². The number of nitrogens with one attached hydrogen (secondary N) is 1. The largest absolute Gasteiger partial charge is 0.384 e. The number of nitrogens with two attached hydrogens (primary N) is 1. The van der Waals surface area contributed by atoms with Crippen molar-refractivity contribution in [1.82, 2.24) is 0 Å². The van der Waals surface area contributed by atoms with Crippen LogP contribution in [0, 0.1) is 11.3 Å². The summed E-state index contributed by atoms with van der Waals surface area (Å²) in [6, 6.07) is 6.63. The minimum absolute atomic E-state index is 0.105. The quantitative estimate of drug-likeness (QED) is 0.650. The zero-order valence-electron chi connectivity index (χ0n) is 10.9. The van der Waals surface area contributed by atoms with E-state index in [1.165, 1.54) is 18.5 Å². The van der Waals surface area contributed by atoms with Gasteiger partial charge in [-0.3, -0.25) is 5.41 Å². The molecule has 0 aromatic heterocycles. The van der Waals surface area contributed by atoms with Gasteiger partial charge in [-0.1, -0.05) is 6.92 Å². The second-order valence-electron chi connectivity index (χ2n) is 5.13. The molecule has 0 spiro atoms. The second-order valence-corrected chi connectivity index (χ2v) is 5.99. The Labute approximate surface area is 117 Å². The van der Waals surface area contributed by atoms with E-state index < -0.39 is 0 Å². The minimum atomic E-state index is 0.105. The van der Waals surface area contributed by atoms with Gasteiger partial charge in [-0.2, -0.15) is 0 Å². The molecular weight excluding hydrogens is 290 g/mol. The molecule has 1 heterocycles. The van der Waals surface area contributed by atoms with Crippen LogP contribution in [0.5, 0.6) is 0 Å². The van der Waals surface area contributed by atoms with Crippen molar-refractivity contribution in [2.75, 3.05) is 11.4 Å². The van der Waals surface area contributed by atoms with E-state index in [0.717, 1.165) is 22.5 Å². The molecule has 1 aliphatic heterocycles. The van der Waals surface area contributed by atoms with Gasteiger partial charge in [-0.15, -0.1) is 0 Å². The zero-order valence-corrected chi connectivity index (χ0v) is 12.5. The fourth-order valence-electron chi connectivity index (χ4n) is 2.60. The molecule has 0 aliphatic carbocycles. The van der Waals surface area contributed by atoms with Crippen molar-refractivity contribution >= 4 is 27.5 Å². The van der Waals surface area contributed by atoms with Crippen molar-refractivity contribution in [1.29, 1.82) is 5.41 Å². The smallest absolute Gasteiger partial charge is 0.123 e. The average Bonchev–Trinajstić information content (AvgIpc) is 2.32. The van der Waals surface area contributed by atoms with Crippen LogP contribution in [0.15, 0.2) is 22.7 Å². The first-order valence-electron chi connectivity index (χ1n) is 6.41. The van der Waals surface area contributed by atoms with Crippen molar-refractivity contribution in [3.63, 3.8) is 0 Å². The number of hydrogen-bond donors (Lipinski definition) is 2. The summed E-state index contributed by atoms with van der Waals surface area (Å²) in [5.41, 5.74) is 7.51. The third kappa shape index (κ3) is 2.53. The molecule has 1 fully saturated rings. The van der Waals surface area contributed by atoms with Crippen LogP contribution < -0.4 is 10.6 Å². The van der Waals surface area contributed by atoms with Gasteiger partial charge in [0, 0.05) is 28.3 Å². The first kappa shape index (κ1) is 13.4. The first-order valence-corrected chi connectivity index (χ1v) is 7.20. The van der Waals surface area contributed by atoms with Crippen LogP contribution in [0.2, 0.25) is 0 Å². The number of anilines is 1. The Morgan fingerprint density at radius 2 is 2.17 bits per heavy atom. The molecule has 2 atom stereocenters. The van der Waals surface area contributed by atoms with E-state index in [0.29, 0.717) is 6.04 Å². The number of halogens is 1. The molecule has 2 unspecified atom stereocenters. The molecule has 4 heteroatoms. The summed E-state index contributed by atoms with van der Waals surface area (Å²) in [5.74, 6) is 0.832. The molecule has 1 saturated heterocycles. The number of hydrogen-bond acceptors (Lipinski definition) is 2. The van der Waals surface area contributed by atoms with Gasteiger partial charge in [0.1, 0.15) is 5.84 Å². The normalized spacial score (nSPS) is 24.1. The molecular formula is C14H20BrN3. The van der Waals surface area contributed by atoms with Gasteiger partial charge in [-0.05, 0) is 59.8 Å². The summed E-state index contributed by atoms with van der Waals surface area (Å²) in [7, 11) is 0. The fraction of sp³-hybridized carbons (Fsp3) is 0.500. The monoisotopic (exact) mass is 309 g/mol. The maximum Gasteiger partial charge on any atom is 0.123 e. The van der Waals surface area contributed by atoms with E-state index in [-0.39, 0.29) is 5.84 Å². The van der Waals surface area contributed by atoms with Gasteiger partial charge in [-0.25, -0.2) is 0 Å². The summed E-state index contributed by atoms with van der Waals surface area (Å²) < 4.78 is 0.901. The van der Waals surface area contributed by atoms with Crippen molar-refractivity contribution in [3.8, 4) is 0 Å². The number of benzene rings is 1. The molecule has 1 aliphatic rings. The molecule has 0 saturated carbocycles. The molecule has 98 valence electrons. The Kier molecular flexibility index (Phi) is 3.95. The van der Waals surface area contributed by atoms with Crippen LogP contribution in [0.1, 0.15) is 32.3 Å². The van der Waals surface area contributed by atoms with Crippen molar-refractivity contribution in [2.45, 2.75) is 32.7 Å². The van der Waals surface area contributed by atoms with E-state index in [1.54, 1.807) is 0 Å². The van der Waals surface area contributed by atoms with Crippen molar-refractivity contribution in [2.24, 2.45) is 11.7 Å². The number of nitrogen functional groups attached to an aromatic ring is 1. The maximum absolute atomic E-state index is 7.50. The van der Waals surface area contributed by atoms with Crippen LogP contribution in [-0.4, -0.2) is 18.4 Å². The lowest BCUT2D eigenvalue weighted by Gasteiger charge is -2.39. The summed E-state index contributed by atoms with van der Waals surface area (Å²) >= 11 is 3.50. The first-order chi connectivity index (χ1) is 8.50. The van der Waals surface area contributed by atoms with E-state index in [9.17, 15) is 0 Å². The highest BCUT2D eigenvalue weighted by Crippen LogP contribution is 2.31. The van der Waals surface area contributed by atoms with Gasteiger partial charge < -0.3 is 10.6 Å². The highest BCUT2D eigenvalue weighted by molar-refractivity contribution is 9.10. The topological polar surface area (TPSA) is 53.1 Å². The second kappa shape index (κ2) is 5.31. The van der Waals surface area contributed by atoms with Gasteiger partial charge in [0.05, 0.1) is 0 Å². The number of nitrogens with zero attached hydrogens (tertiary/aromatic N) is 1. The third-order valence-corrected chi connectivity index (χ3v) is 4.60. The van der Waals surface area contributed by atoms with E-state index in [4.69, 9.17) is 11.1 Å². The van der Waals surface area contributed by atoms with Gasteiger partial charge in [0.25, 0.3) is 0 Å². The number of rotatable bonds is 2. The van der Waals surface area contributed by atoms with Crippen molar-refractivity contribution < 1.29 is 0 Å². The van der Waals surface area contributed by atoms with Crippen LogP contribution in [0.4, 0.5) is 5.69 Å². The Hall–Kier alpha value is -1.03. The molecule has 1 aromatic carbocycles. The number of piperidine rings is 1. The molecule has 18 heavy (non-hydrogen) atoms. The molecule has 0 bridgehead atoms. The van der Waals surface area contributed by atoms with Gasteiger partial charge in [0.2, 0.25) is 0 Å². The standard InChI is InChI=1S/C14H20BrN3/c1-9-4-3-7-18(10(9)2)11-5-6-12(14(16)17)13(15)8-11/h5-6,8-10H,3-4,7H2,1-2H3,(H3,16,17). The highest BCUT2D eigenvalue weighted by Gasteiger charge is 2.25. The molecule has 1 aromatic rings. The van der Waals surface area contributed by atoms with E-state index >= 15 is 0 Å². The van der Waals surface area contributed by atoms with E-state index in [1.807, 2.05) is 6.07 Å². The zero-order chi connectivity index (χ0) is 13.3. The summed E-state index contributed by atoms with van der Waals surface area (Å²) in [6.07, 6.45) is 2.56. The molecule has 3 nitrogen and oxygen atoms in total. The minimum Gasteiger partial charge on any atom is -0.384 e. The SMILES string of the molecule is CC1CCCN(c2ccc(C(=N)N)c(Br)c2)C1C. The lowest BCUT2D eigenvalue weighted by atomic mass is 9.91. The predicted octanol–water partition coefficient (Wildman–Crippen LogP) is 3.36. The van der Waals surface area contributed by atoms with Crippen LogP contribution in [-0.2, 0) is 0 Å². The fourth-order valence-corrected chi connectivity index (χ4v) is 3.18. The maximum atomic E-state index is 7.50. The Bertz CT molecular complexity index is 458. The summed E-state index contributed by atoms with van der Waals surface area (Å²) in [6.45, 7) is 5.71. The summed E-state index contributed by atoms with van der Waals surface area (Å²) in [5, 5.41) is 7.50. The van der Waals surface area contributed by atoms with Crippen LogP contribution in [0.3, 0.4) is 0 Å². The predicted molar refractivity (Wildman–Crippen MR) is 80.4 cm³/mol. The Balaban J connectivity index is 2.28.